The Balaban J connectivity index is 3.37. The molecular weight excluding hydrogens is 196 g/mol. The first kappa shape index (κ1) is 14.1. The Morgan fingerprint density at radius 1 is 1.36 bits per heavy atom. The van der Waals surface area contributed by atoms with Crippen LogP contribution in [0.3, 0.4) is 0 Å². The van der Waals surface area contributed by atoms with Crippen molar-refractivity contribution in [2.45, 2.75) is 19.4 Å². The summed E-state index contributed by atoms with van der Waals surface area (Å²) >= 11 is 0. The lowest BCUT2D eigenvalue weighted by atomic mass is 10.1. The first-order valence-corrected chi connectivity index (χ1v) is 6.96. The molecule has 0 fully saturated rings. The molecule has 1 unspecified atom stereocenters. The molecule has 0 aliphatic carbocycles. The maximum absolute atomic E-state index is 5.38. The molecule has 14 heavy (non-hydrogen) atoms. The van der Waals surface area contributed by atoms with E-state index in [1.807, 2.05) is 0 Å². The highest BCUT2D eigenvalue weighted by Crippen LogP contribution is 2.08. The summed E-state index contributed by atoms with van der Waals surface area (Å²) in [7, 11) is 2.13. The van der Waals surface area contributed by atoms with Crippen LogP contribution in [0.5, 0.6) is 0 Å². The van der Waals surface area contributed by atoms with E-state index in [4.69, 9.17) is 14.6 Å². The summed E-state index contributed by atoms with van der Waals surface area (Å²) in [6, 6.07) is 1.08. The maximum atomic E-state index is 5.38. The van der Waals surface area contributed by atoms with Crippen molar-refractivity contribution in [3.63, 3.8) is 0 Å². The molecule has 0 aliphatic rings. The van der Waals surface area contributed by atoms with Crippen LogP contribution in [0.1, 0.15) is 13.3 Å². The fourth-order valence-corrected chi connectivity index (χ4v) is 2.81. The van der Waals surface area contributed by atoms with E-state index < -0.39 is 9.28 Å². The topological polar surface area (TPSA) is 56.5 Å². The Kier molecular flexibility index (Phi) is 9.64. The molecule has 0 rings (SSSR count). The van der Waals surface area contributed by atoms with Gasteiger partial charge in [0, 0.05) is 27.3 Å². The summed E-state index contributed by atoms with van der Waals surface area (Å²) in [6.45, 7) is 4.88. The highest BCUT2D eigenvalue weighted by molar-refractivity contribution is 6.44. The van der Waals surface area contributed by atoms with Crippen molar-refractivity contribution in [3.05, 3.63) is 0 Å². The van der Waals surface area contributed by atoms with Crippen LogP contribution >= 0.6 is 0 Å². The summed E-state index contributed by atoms with van der Waals surface area (Å²) in [5.74, 6) is 0.668. The van der Waals surface area contributed by atoms with Gasteiger partial charge in [0.25, 0.3) is 0 Å². The number of nitrogens with one attached hydrogen (secondary N) is 1. The van der Waals surface area contributed by atoms with Crippen LogP contribution in [0.4, 0.5) is 0 Å². The lowest BCUT2D eigenvalue weighted by Crippen LogP contribution is -2.28. The molecule has 0 saturated heterocycles. The lowest BCUT2D eigenvalue weighted by molar-refractivity contribution is 0.273. The quantitative estimate of drug-likeness (QED) is 0.427. The highest BCUT2D eigenvalue weighted by Gasteiger charge is 2.11. The molecule has 0 aromatic carbocycles. The van der Waals surface area contributed by atoms with Gasteiger partial charge in [-0.25, -0.2) is 0 Å². The summed E-state index contributed by atoms with van der Waals surface area (Å²) in [5.41, 5.74) is 5.38. The van der Waals surface area contributed by atoms with Gasteiger partial charge < -0.3 is 19.9 Å². The van der Waals surface area contributed by atoms with Gasteiger partial charge in [-0.05, 0) is 24.9 Å². The standard InChI is InChI=1S/C9H24N2O2Si/c1-9(8-11-6-5-10)4-7-14(12-2)13-3/h9,11,14H,4-8,10H2,1-3H3. The van der Waals surface area contributed by atoms with E-state index in [2.05, 4.69) is 12.2 Å². The van der Waals surface area contributed by atoms with Crippen LogP contribution in [0, 0.1) is 5.92 Å². The lowest BCUT2D eigenvalue weighted by Gasteiger charge is -2.15. The van der Waals surface area contributed by atoms with Gasteiger partial charge in [-0.1, -0.05) is 6.92 Å². The van der Waals surface area contributed by atoms with Crippen LogP contribution in [-0.2, 0) is 8.85 Å². The minimum Gasteiger partial charge on any atom is -0.400 e. The van der Waals surface area contributed by atoms with Gasteiger partial charge in [0.15, 0.2) is 0 Å². The van der Waals surface area contributed by atoms with E-state index in [1.165, 1.54) is 0 Å². The van der Waals surface area contributed by atoms with Crippen molar-refractivity contribution in [1.29, 1.82) is 0 Å². The van der Waals surface area contributed by atoms with Crippen LogP contribution in [0.25, 0.3) is 0 Å². The molecule has 0 radical (unpaired) electrons. The van der Waals surface area contributed by atoms with Crippen LogP contribution < -0.4 is 11.1 Å². The number of hydrogen-bond donors (Lipinski definition) is 2. The van der Waals surface area contributed by atoms with Crippen molar-refractivity contribution in [3.8, 4) is 0 Å². The second-order valence-corrected chi connectivity index (χ2v) is 5.96. The number of rotatable bonds is 9. The minimum atomic E-state index is -1.34. The van der Waals surface area contributed by atoms with E-state index in [0.717, 1.165) is 25.6 Å². The zero-order valence-corrected chi connectivity index (χ0v) is 10.7. The molecule has 3 N–H and O–H groups in total. The van der Waals surface area contributed by atoms with E-state index >= 15 is 0 Å². The van der Waals surface area contributed by atoms with E-state index in [9.17, 15) is 0 Å². The van der Waals surface area contributed by atoms with Gasteiger partial charge in [-0.15, -0.1) is 0 Å². The van der Waals surface area contributed by atoms with Crippen molar-refractivity contribution in [2.75, 3.05) is 33.9 Å². The zero-order valence-electron chi connectivity index (χ0n) is 9.58. The third-order valence-electron chi connectivity index (χ3n) is 2.23. The average molecular weight is 220 g/mol. The minimum absolute atomic E-state index is 0.668. The molecule has 5 heteroatoms. The van der Waals surface area contributed by atoms with Gasteiger partial charge >= 0.3 is 9.28 Å². The van der Waals surface area contributed by atoms with E-state index in [1.54, 1.807) is 14.2 Å². The summed E-state index contributed by atoms with van der Waals surface area (Å²) in [5, 5.41) is 3.30. The highest BCUT2D eigenvalue weighted by atomic mass is 28.3. The Labute approximate surface area is 89.0 Å². The molecule has 0 aromatic heterocycles. The second kappa shape index (κ2) is 9.61. The average Bonchev–Trinajstić information content (AvgIpc) is 2.20. The summed E-state index contributed by atoms with van der Waals surface area (Å²) < 4.78 is 10.5. The van der Waals surface area contributed by atoms with Gasteiger partial charge in [-0.3, -0.25) is 0 Å². The van der Waals surface area contributed by atoms with Crippen molar-refractivity contribution >= 4 is 9.28 Å². The Bertz CT molecular complexity index is 123. The fourth-order valence-electron chi connectivity index (χ4n) is 1.31. The third-order valence-corrected chi connectivity index (χ3v) is 4.09. The summed E-state index contributed by atoms with van der Waals surface area (Å²) in [6.07, 6.45) is 1.16. The SMILES string of the molecule is CO[SiH](CCC(C)CNCCN)OC. The molecule has 0 aromatic rings. The first-order valence-electron chi connectivity index (χ1n) is 5.21. The molecule has 0 spiro atoms. The summed E-state index contributed by atoms with van der Waals surface area (Å²) in [4.78, 5) is 0. The zero-order chi connectivity index (χ0) is 10.8. The molecular formula is C9H24N2O2Si. The maximum Gasteiger partial charge on any atom is 0.320 e. The van der Waals surface area contributed by atoms with Gasteiger partial charge in [0.2, 0.25) is 0 Å². The van der Waals surface area contributed by atoms with Gasteiger partial charge in [0.05, 0.1) is 0 Å². The van der Waals surface area contributed by atoms with Crippen molar-refractivity contribution in [1.82, 2.24) is 5.32 Å². The molecule has 0 amide bonds. The van der Waals surface area contributed by atoms with Crippen LogP contribution in [0.2, 0.25) is 6.04 Å². The smallest absolute Gasteiger partial charge is 0.320 e. The second-order valence-electron chi connectivity index (χ2n) is 3.58. The van der Waals surface area contributed by atoms with Gasteiger partial charge in [-0.2, -0.15) is 0 Å². The molecule has 4 nitrogen and oxygen atoms in total. The Hall–Kier alpha value is 0.0569. The normalized spacial score (nSPS) is 13.5. The van der Waals surface area contributed by atoms with Crippen LogP contribution in [-0.4, -0.2) is 43.1 Å². The Morgan fingerprint density at radius 2 is 2.00 bits per heavy atom. The molecule has 0 saturated carbocycles. The van der Waals surface area contributed by atoms with E-state index in [0.29, 0.717) is 12.5 Å². The predicted molar refractivity (Wildman–Crippen MR) is 61.7 cm³/mol. The molecule has 1 atom stereocenters. The van der Waals surface area contributed by atoms with E-state index in [-0.39, 0.29) is 0 Å². The third kappa shape index (κ3) is 7.46. The fraction of sp³-hybridized carbons (Fsp3) is 1.00. The Morgan fingerprint density at radius 3 is 2.50 bits per heavy atom. The monoisotopic (exact) mass is 220 g/mol. The number of nitrogens with two attached hydrogens (primary N) is 1. The van der Waals surface area contributed by atoms with Gasteiger partial charge in [0.1, 0.15) is 0 Å². The van der Waals surface area contributed by atoms with Crippen molar-refractivity contribution in [2.24, 2.45) is 11.7 Å². The molecule has 0 heterocycles. The largest absolute Gasteiger partial charge is 0.400 e. The number of hydrogen-bond acceptors (Lipinski definition) is 4. The molecule has 0 bridgehead atoms. The molecule has 86 valence electrons. The first-order chi connectivity index (χ1) is 6.74. The van der Waals surface area contributed by atoms with Crippen LogP contribution in [0.15, 0.2) is 0 Å². The molecule has 0 aliphatic heterocycles. The van der Waals surface area contributed by atoms with Crippen molar-refractivity contribution < 1.29 is 8.85 Å². The predicted octanol–water partition coefficient (Wildman–Crippen LogP) is 0.0742.